The molecular weight excluding hydrogens is 138 g/mol. The molecule has 2 atom stereocenters. The maximum atomic E-state index is 8.64. The summed E-state index contributed by atoms with van der Waals surface area (Å²) in [6, 6.07) is 2.53. The second-order valence-electron chi connectivity index (χ2n) is 3.20. The van der Waals surface area contributed by atoms with E-state index in [1.54, 1.807) is 0 Å². The average molecular weight is 153 g/mol. The molecule has 11 heavy (non-hydrogen) atoms. The average Bonchev–Trinajstić information content (AvgIpc) is 2.03. The number of nitrogens with zero attached hydrogens (tertiary/aromatic N) is 2. The Morgan fingerprint density at radius 1 is 1.73 bits per heavy atom. The van der Waals surface area contributed by atoms with Gasteiger partial charge in [-0.15, -0.1) is 0 Å². The largest absolute Gasteiger partial charge is 0.327 e. The van der Waals surface area contributed by atoms with Gasteiger partial charge >= 0.3 is 0 Å². The summed E-state index contributed by atoms with van der Waals surface area (Å²) in [5.74, 6) is 0. The summed E-state index contributed by atoms with van der Waals surface area (Å²) >= 11 is 0. The zero-order valence-electron chi connectivity index (χ0n) is 6.95. The predicted octanol–water partition coefficient (Wildman–Crippen LogP) is 0.322. The van der Waals surface area contributed by atoms with Crippen molar-refractivity contribution in [2.45, 2.75) is 31.8 Å². The van der Waals surface area contributed by atoms with Gasteiger partial charge in [0, 0.05) is 12.6 Å². The number of rotatable bonds is 1. The van der Waals surface area contributed by atoms with Crippen LogP contribution in [0.2, 0.25) is 0 Å². The standard InChI is InChI=1S/C8H15N3/c1-7(5-9)11-4-2-3-8(10)6-11/h7-8H,2-4,6,10H2,1H3/t7?,8-/m1/s1. The lowest BCUT2D eigenvalue weighted by Crippen LogP contribution is -2.46. The van der Waals surface area contributed by atoms with Crippen LogP contribution in [0.3, 0.4) is 0 Å². The molecule has 0 aromatic rings. The molecule has 1 fully saturated rings. The molecule has 1 unspecified atom stereocenters. The summed E-state index contributed by atoms with van der Waals surface area (Å²) < 4.78 is 0. The monoisotopic (exact) mass is 153 g/mol. The lowest BCUT2D eigenvalue weighted by atomic mass is 10.1. The predicted molar refractivity (Wildman–Crippen MR) is 43.9 cm³/mol. The van der Waals surface area contributed by atoms with Crippen molar-refractivity contribution in [1.29, 1.82) is 5.26 Å². The molecule has 0 bridgehead atoms. The molecule has 1 aliphatic heterocycles. The number of nitrogens with two attached hydrogens (primary N) is 1. The molecule has 1 rings (SSSR count). The third-order valence-electron chi connectivity index (χ3n) is 2.22. The molecule has 3 nitrogen and oxygen atoms in total. The Bertz CT molecular complexity index is 161. The Hall–Kier alpha value is -0.590. The molecule has 2 N–H and O–H groups in total. The Kier molecular flexibility index (Phi) is 2.86. The highest BCUT2D eigenvalue weighted by atomic mass is 15.2. The second kappa shape index (κ2) is 3.70. The van der Waals surface area contributed by atoms with E-state index in [1.807, 2.05) is 6.92 Å². The first kappa shape index (κ1) is 8.51. The molecule has 62 valence electrons. The van der Waals surface area contributed by atoms with Crippen molar-refractivity contribution in [1.82, 2.24) is 4.90 Å². The van der Waals surface area contributed by atoms with Gasteiger partial charge in [-0.25, -0.2) is 0 Å². The number of hydrogen-bond donors (Lipinski definition) is 1. The lowest BCUT2D eigenvalue weighted by molar-refractivity contribution is 0.187. The fourth-order valence-corrected chi connectivity index (χ4v) is 1.47. The number of piperidine rings is 1. The fourth-order valence-electron chi connectivity index (χ4n) is 1.47. The SMILES string of the molecule is CC(C#N)N1CCC[C@@H](N)C1. The van der Waals surface area contributed by atoms with Crippen LogP contribution in [0.15, 0.2) is 0 Å². The van der Waals surface area contributed by atoms with Crippen molar-refractivity contribution in [2.24, 2.45) is 5.73 Å². The van der Waals surface area contributed by atoms with Gasteiger partial charge in [0.2, 0.25) is 0 Å². The van der Waals surface area contributed by atoms with Gasteiger partial charge in [0.1, 0.15) is 0 Å². The first-order valence-electron chi connectivity index (χ1n) is 4.13. The van der Waals surface area contributed by atoms with E-state index < -0.39 is 0 Å². The van der Waals surface area contributed by atoms with E-state index in [2.05, 4.69) is 11.0 Å². The molecule has 1 aliphatic rings. The van der Waals surface area contributed by atoms with Gasteiger partial charge in [-0.05, 0) is 26.3 Å². The molecule has 3 heteroatoms. The molecule has 1 saturated heterocycles. The third-order valence-corrected chi connectivity index (χ3v) is 2.22. The van der Waals surface area contributed by atoms with Crippen LogP contribution in [-0.4, -0.2) is 30.1 Å². The molecule has 0 aromatic carbocycles. The maximum absolute atomic E-state index is 8.64. The minimum Gasteiger partial charge on any atom is -0.327 e. The van der Waals surface area contributed by atoms with Gasteiger partial charge in [-0.1, -0.05) is 0 Å². The van der Waals surface area contributed by atoms with Gasteiger partial charge < -0.3 is 5.73 Å². The first-order chi connectivity index (χ1) is 5.24. The molecule has 0 aliphatic carbocycles. The molecule has 0 amide bonds. The third kappa shape index (κ3) is 2.18. The van der Waals surface area contributed by atoms with E-state index in [0.717, 1.165) is 25.9 Å². The number of hydrogen-bond acceptors (Lipinski definition) is 3. The van der Waals surface area contributed by atoms with Gasteiger partial charge in [-0.3, -0.25) is 4.90 Å². The molecule has 0 spiro atoms. The minimum atomic E-state index is 0.0290. The van der Waals surface area contributed by atoms with Crippen molar-refractivity contribution in [2.75, 3.05) is 13.1 Å². The highest BCUT2D eigenvalue weighted by molar-refractivity contribution is 4.91. The highest BCUT2D eigenvalue weighted by Crippen LogP contribution is 2.10. The Balaban J connectivity index is 2.40. The lowest BCUT2D eigenvalue weighted by Gasteiger charge is -2.32. The van der Waals surface area contributed by atoms with Crippen molar-refractivity contribution in [3.63, 3.8) is 0 Å². The molecular formula is C8H15N3. The Morgan fingerprint density at radius 2 is 2.45 bits per heavy atom. The van der Waals surface area contributed by atoms with Crippen LogP contribution in [-0.2, 0) is 0 Å². The molecule has 0 radical (unpaired) electrons. The number of nitriles is 1. The second-order valence-corrected chi connectivity index (χ2v) is 3.20. The zero-order chi connectivity index (χ0) is 8.27. The quantitative estimate of drug-likeness (QED) is 0.590. The van der Waals surface area contributed by atoms with Crippen LogP contribution in [0.1, 0.15) is 19.8 Å². The summed E-state index contributed by atoms with van der Waals surface area (Å²) in [5.41, 5.74) is 5.77. The Labute approximate surface area is 67.8 Å². The maximum Gasteiger partial charge on any atom is 0.0949 e. The van der Waals surface area contributed by atoms with Crippen molar-refractivity contribution in [3.8, 4) is 6.07 Å². The summed E-state index contributed by atoms with van der Waals surface area (Å²) in [5, 5.41) is 8.64. The van der Waals surface area contributed by atoms with Crippen molar-refractivity contribution >= 4 is 0 Å². The van der Waals surface area contributed by atoms with Gasteiger partial charge in [0.25, 0.3) is 0 Å². The van der Waals surface area contributed by atoms with E-state index >= 15 is 0 Å². The Morgan fingerprint density at radius 3 is 3.00 bits per heavy atom. The summed E-state index contributed by atoms with van der Waals surface area (Å²) in [4.78, 5) is 2.15. The fraction of sp³-hybridized carbons (Fsp3) is 0.875. The number of likely N-dealkylation sites (tertiary alicyclic amines) is 1. The van der Waals surface area contributed by atoms with E-state index in [9.17, 15) is 0 Å². The van der Waals surface area contributed by atoms with E-state index in [0.29, 0.717) is 0 Å². The van der Waals surface area contributed by atoms with Crippen LogP contribution in [0.25, 0.3) is 0 Å². The minimum absolute atomic E-state index is 0.0290. The van der Waals surface area contributed by atoms with E-state index in [1.165, 1.54) is 0 Å². The summed E-state index contributed by atoms with van der Waals surface area (Å²) in [7, 11) is 0. The van der Waals surface area contributed by atoms with Gasteiger partial charge in [0.15, 0.2) is 0 Å². The molecule has 0 saturated carbocycles. The zero-order valence-corrected chi connectivity index (χ0v) is 6.95. The van der Waals surface area contributed by atoms with Crippen LogP contribution in [0.5, 0.6) is 0 Å². The smallest absolute Gasteiger partial charge is 0.0949 e. The normalized spacial score (nSPS) is 29.4. The summed E-state index contributed by atoms with van der Waals surface area (Å²) in [6.45, 7) is 3.84. The van der Waals surface area contributed by atoms with Gasteiger partial charge in [-0.2, -0.15) is 5.26 Å². The van der Waals surface area contributed by atoms with E-state index in [4.69, 9.17) is 11.0 Å². The van der Waals surface area contributed by atoms with Crippen LogP contribution < -0.4 is 5.73 Å². The molecule has 0 aromatic heterocycles. The molecule has 1 heterocycles. The van der Waals surface area contributed by atoms with Crippen LogP contribution >= 0.6 is 0 Å². The highest BCUT2D eigenvalue weighted by Gasteiger charge is 2.20. The van der Waals surface area contributed by atoms with E-state index in [-0.39, 0.29) is 12.1 Å². The van der Waals surface area contributed by atoms with Gasteiger partial charge in [0.05, 0.1) is 12.1 Å². The van der Waals surface area contributed by atoms with Crippen LogP contribution in [0, 0.1) is 11.3 Å². The van der Waals surface area contributed by atoms with Crippen LogP contribution in [0.4, 0.5) is 0 Å². The summed E-state index contributed by atoms with van der Waals surface area (Å²) in [6.07, 6.45) is 2.24. The van der Waals surface area contributed by atoms with Crippen molar-refractivity contribution < 1.29 is 0 Å². The first-order valence-corrected chi connectivity index (χ1v) is 4.13. The topological polar surface area (TPSA) is 53.0 Å². The van der Waals surface area contributed by atoms with Crippen molar-refractivity contribution in [3.05, 3.63) is 0 Å².